The van der Waals surface area contributed by atoms with Gasteiger partial charge in [0.05, 0.1) is 0 Å². The van der Waals surface area contributed by atoms with Gasteiger partial charge in [-0.15, -0.1) is 0 Å². The Morgan fingerprint density at radius 3 is 1.96 bits per heavy atom. The Hall–Kier alpha value is -1.26. The van der Waals surface area contributed by atoms with Gasteiger partial charge in [-0.3, -0.25) is 9.13 Å². The van der Waals surface area contributed by atoms with E-state index in [1.807, 2.05) is 0 Å². The zero-order chi connectivity index (χ0) is 17.6. The normalized spacial score (nSPS) is 20.4. The van der Waals surface area contributed by atoms with Crippen LogP contribution in [-0.4, -0.2) is 19.6 Å². The third-order valence-corrected chi connectivity index (χ3v) is 9.14. The van der Waals surface area contributed by atoms with Crippen molar-refractivity contribution >= 4 is 15.2 Å². The second-order valence-electron chi connectivity index (χ2n) is 5.97. The summed E-state index contributed by atoms with van der Waals surface area (Å²) in [6.07, 6.45) is 0.745. The van der Waals surface area contributed by atoms with Gasteiger partial charge in [0.1, 0.15) is 0 Å². The van der Waals surface area contributed by atoms with Crippen LogP contribution < -0.4 is 0 Å². The number of fused-ring (bicyclic) bond motifs is 1. The van der Waals surface area contributed by atoms with Crippen LogP contribution in [0.25, 0.3) is 0 Å². The number of rotatable bonds is 3. The molecule has 3 rings (SSSR count). The molecule has 0 bridgehead atoms. The van der Waals surface area contributed by atoms with Gasteiger partial charge in [0.2, 0.25) is 4.90 Å². The predicted molar refractivity (Wildman–Crippen MR) is 89.7 cm³/mol. The van der Waals surface area contributed by atoms with E-state index in [0.29, 0.717) is 17.5 Å². The summed E-state index contributed by atoms with van der Waals surface area (Å²) in [6.45, 7) is 0. The maximum atomic E-state index is 12.5. The summed E-state index contributed by atoms with van der Waals surface area (Å²) in [5, 5.41) is 0. The zero-order valence-corrected chi connectivity index (χ0v) is 14.5. The fourth-order valence-corrected chi connectivity index (χ4v) is 7.55. The largest absolute Gasteiger partial charge is 0.348 e. The maximum absolute atomic E-state index is 12.5. The van der Waals surface area contributed by atoms with E-state index in [9.17, 15) is 28.7 Å². The number of benzene rings is 2. The second kappa shape index (κ2) is 5.92. The molecule has 2 aromatic carbocycles. The van der Waals surface area contributed by atoms with Crippen LogP contribution >= 0.6 is 15.2 Å². The molecule has 0 saturated heterocycles. The molecule has 8 heteroatoms. The first-order valence-corrected chi connectivity index (χ1v) is 10.7. The van der Waals surface area contributed by atoms with E-state index in [1.165, 1.54) is 6.07 Å². The molecule has 4 N–H and O–H groups in total. The highest BCUT2D eigenvalue weighted by Gasteiger charge is 2.67. The summed E-state index contributed by atoms with van der Waals surface area (Å²) in [5.41, 5.74) is 1.13. The third-order valence-electron chi connectivity index (χ3n) is 4.69. The van der Waals surface area contributed by atoms with Crippen molar-refractivity contribution in [1.29, 1.82) is 0 Å². The van der Waals surface area contributed by atoms with E-state index in [0.717, 1.165) is 0 Å². The first kappa shape index (κ1) is 17.6. The van der Waals surface area contributed by atoms with E-state index in [-0.39, 0.29) is 12.0 Å². The van der Waals surface area contributed by atoms with Crippen molar-refractivity contribution in [2.75, 3.05) is 0 Å². The molecule has 2 aromatic rings. The van der Waals surface area contributed by atoms with Crippen LogP contribution in [0.4, 0.5) is 0 Å². The monoisotopic (exact) mass is 368 g/mol. The molecule has 0 heterocycles. The van der Waals surface area contributed by atoms with Crippen molar-refractivity contribution in [3.05, 3.63) is 71.3 Å². The van der Waals surface area contributed by atoms with Gasteiger partial charge in [-0.05, 0) is 29.5 Å². The van der Waals surface area contributed by atoms with E-state index in [1.54, 1.807) is 48.5 Å². The van der Waals surface area contributed by atoms with Crippen molar-refractivity contribution in [3.63, 3.8) is 0 Å². The minimum atomic E-state index is -5.21. The van der Waals surface area contributed by atoms with Gasteiger partial charge >= 0.3 is 15.2 Å². The molecule has 24 heavy (non-hydrogen) atoms. The van der Waals surface area contributed by atoms with Crippen LogP contribution in [0, 0.1) is 0 Å². The minimum absolute atomic E-state index is 0.0479. The topological polar surface area (TPSA) is 115 Å². The summed E-state index contributed by atoms with van der Waals surface area (Å²) >= 11 is 0. The quantitative estimate of drug-likeness (QED) is 0.619. The van der Waals surface area contributed by atoms with Crippen LogP contribution in [-0.2, 0) is 20.4 Å². The fraction of sp³-hybridized carbons (Fsp3) is 0.250. The standard InChI is InChI=1S/C16H18O6P2/c17-23(18,19)16(24(20,21)22)14-9-5-4-8-13(14)10-11-15(16)12-6-2-1-3-7-12/h1-9,15H,10-11H2,(H2,17,18,19)(H2,20,21,22). The van der Waals surface area contributed by atoms with Gasteiger partial charge in [-0.2, -0.15) is 0 Å². The van der Waals surface area contributed by atoms with E-state index in [2.05, 4.69) is 0 Å². The SMILES string of the molecule is O=P(O)(O)C1(P(=O)(O)O)c2ccccc2CCC1c1ccccc1. The molecule has 0 fully saturated rings. The van der Waals surface area contributed by atoms with Crippen LogP contribution in [0.15, 0.2) is 54.6 Å². The highest BCUT2D eigenvalue weighted by molar-refractivity contribution is 7.71. The summed E-state index contributed by atoms with van der Waals surface area (Å²) < 4.78 is 25.0. The lowest BCUT2D eigenvalue weighted by molar-refractivity contribution is 0.282. The van der Waals surface area contributed by atoms with E-state index >= 15 is 0 Å². The van der Waals surface area contributed by atoms with Gasteiger partial charge in [-0.25, -0.2) is 0 Å². The first-order chi connectivity index (χ1) is 11.2. The lowest BCUT2D eigenvalue weighted by Gasteiger charge is -2.45. The minimum Gasteiger partial charge on any atom is -0.323 e. The summed E-state index contributed by atoms with van der Waals surface area (Å²) in [5.74, 6) is -0.977. The van der Waals surface area contributed by atoms with Gasteiger partial charge in [0, 0.05) is 5.92 Å². The molecule has 0 spiro atoms. The average Bonchev–Trinajstić information content (AvgIpc) is 2.52. The highest BCUT2D eigenvalue weighted by atomic mass is 31.2. The molecule has 0 amide bonds. The molecule has 0 saturated carbocycles. The van der Waals surface area contributed by atoms with Gasteiger partial charge in [0.15, 0.2) is 0 Å². The van der Waals surface area contributed by atoms with Crippen molar-refractivity contribution in [2.45, 2.75) is 23.7 Å². The summed E-state index contributed by atoms with van der Waals surface area (Å²) in [6, 6.07) is 14.8. The van der Waals surface area contributed by atoms with Crippen molar-refractivity contribution < 1.29 is 28.7 Å². The molecule has 0 aromatic heterocycles. The molecule has 1 atom stereocenters. The highest BCUT2D eigenvalue weighted by Crippen LogP contribution is 2.81. The lowest BCUT2D eigenvalue weighted by Crippen LogP contribution is -2.38. The van der Waals surface area contributed by atoms with Gasteiger partial charge in [0.25, 0.3) is 0 Å². The molecule has 6 nitrogen and oxygen atoms in total. The van der Waals surface area contributed by atoms with E-state index in [4.69, 9.17) is 0 Å². The number of aryl methyl sites for hydroxylation is 1. The first-order valence-electron chi connectivity index (χ1n) is 7.44. The van der Waals surface area contributed by atoms with Crippen LogP contribution in [0.3, 0.4) is 0 Å². The number of hydrogen-bond acceptors (Lipinski definition) is 2. The van der Waals surface area contributed by atoms with Crippen molar-refractivity contribution in [2.24, 2.45) is 0 Å². The molecule has 0 aliphatic heterocycles. The predicted octanol–water partition coefficient (Wildman–Crippen LogP) is 2.92. The Morgan fingerprint density at radius 1 is 0.833 bits per heavy atom. The van der Waals surface area contributed by atoms with Crippen LogP contribution in [0.1, 0.15) is 29.0 Å². The zero-order valence-electron chi connectivity index (χ0n) is 12.7. The Labute approximate surface area is 139 Å². The third kappa shape index (κ3) is 2.51. The molecule has 0 radical (unpaired) electrons. The molecular weight excluding hydrogens is 350 g/mol. The van der Waals surface area contributed by atoms with Crippen LogP contribution in [0.5, 0.6) is 0 Å². The molecular formula is C16H18O6P2. The molecule has 1 aliphatic rings. The van der Waals surface area contributed by atoms with Gasteiger partial charge in [-0.1, -0.05) is 54.6 Å². The average molecular weight is 368 g/mol. The Kier molecular flexibility index (Phi) is 4.33. The molecule has 128 valence electrons. The van der Waals surface area contributed by atoms with Gasteiger partial charge < -0.3 is 19.6 Å². The van der Waals surface area contributed by atoms with Crippen LogP contribution in [0.2, 0.25) is 0 Å². The lowest BCUT2D eigenvalue weighted by atomic mass is 9.79. The molecule has 1 aliphatic carbocycles. The second-order valence-corrected chi connectivity index (χ2v) is 9.91. The van der Waals surface area contributed by atoms with E-state index < -0.39 is 26.0 Å². The fourth-order valence-electron chi connectivity index (χ4n) is 3.76. The summed E-state index contributed by atoms with van der Waals surface area (Å²) in [7, 11) is -10.4. The smallest absolute Gasteiger partial charge is 0.323 e. The Morgan fingerprint density at radius 2 is 1.38 bits per heavy atom. The summed E-state index contributed by atoms with van der Waals surface area (Å²) in [4.78, 5) is 37.9. The maximum Gasteiger partial charge on any atom is 0.348 e. The molecule has 1 unspecified atom stereocenters. The Bertz CT molecular complexity index is 817. The number of hydrogen-bond donors (Lipinski definition) is 4. The van der Waals surface area contributed by atoms with Crippen molar-refractivity contribution in [1.82, 2.24) is 0 Å². The Balaban J connectivity index is 2.40. The van der Waals surface area contributed by atoms with Crippen molar-refractivity contribution in [3.8, 4) is 0 Å².